The fourth-order valence-electron chi connectivity index (χ4n) is 4.32. The Morgan fingerprint density at radius 3 is 2.52 bits per heavy atom. The van der Waals surface area contributed by atoms with E-state index in [1.807, 2.05) is 19.9 Å². The lowest BCUT2D eigenvalue weighted by molar-refractivity contribution is -0.126. The Morgan fingerprint density at radius 1 is 1.15 bits per heavy atom. The third-order valence-electron chi connectivity index (χ3n) is 5.86. The molecular weight excluding hydrogens is 336 g/mol. The van der Waals surface area contributed by atoms with Crippen molar-refractivity contribution in [2.75, 3.05) is 24.1 Å². The minimum absolute atomic E-state index is 0.160. The van der Waals surface area contributed by atoms with E-state index in [1.54, 1.807) is 0 Å². The molecule has 5 heteroatoms. The van der Waals surface area contributed by atoms with Crippen LogP contribution in [-0.2, 0) is 11.3 Å². The van der Waals surface area contributed by atoms with E-state index in [4.69, 9.17) is 5.73 Å². The lowest BCUT2D eigenvalue weighted by atomic mass is 9.85. The average molecular weight is 373 g/mol. The molecule has 0 atom stereocenters. The number of amides is 1. The highest BCUT2D eigenvalue weighted by Gasteiger charge is 2.26. The highest BCUT2D eigenvalue weighted by molar-refractivity contribution is 5.79. The normalized spacial score (nSPS) is 24.0. The SMILES string of the molecule is CC(C)NC(=O)C1CCC(Nc2cc(CN3CCCCC3)ccc2N)CC1. The predicted molar refractivity (Wildman–Crippen MR) is 113 cm³/mol. The number of piperidine rings is 1. The molecule has 150 valence electrons. The first-order valence-corrected chi connectivity index (χ1v) is 10.7. The summed E-state index contributed by atoms with van der Waals surface area (Å²) in [6, 6.07) is 7.03. The number of carbonyl (C=O) groups excluding carboxylic acids is 1. The number of likely N-dealkylation sites (tertiary alicyclic amines) is 1. The van der Waals surface area contributed by atoms with Gasteiger partial charge in [-0.15, -0.1) is 0 Å². The topological polar surface area (TPSA) is 70.4 Å². The van der Waals surface area contributed by atoms with Gasteiger partial charge in [0.05, 0.1) is 11.4 Å². The van der Waals surface area contributed by atoms with Crippen LogP contribution in [0.4, 0.5) is 11.4 Å². The summed E-state index contributed by atoms with van der Waals surface area (Å²) < 4.78 is 0. The summed E-state index contributed by atoms with van der Waals surface area (Å²) in [6.45, 7) is 7.46. The second-order valence-corrected chi connectivity index (χ2v) is 8.61. The van der Waals surface area contributed by atoms with E-state index in [1.165, 1.54) is 37.9 Å². The third-order valence-corrected chi connectivity index (χ3v) is 5.86. The van der Waals surface area contributed by atoms with Crippen molar-refractivity contribution in [3.63, 3.8) is 0 Å². The lowest BCUT2D eigenvalue weighted by Crippen LogP contribution is -2.38. The summed E-state index contributed by atoms with van der Waals surface area (Å²) in [5.74, 6) is 0.375. The van der Waals surface area contributed by atoms with E-state index in [0.29, 0.717) is 6.04 Å². The molecule has 3 rings (SSSR count). The van der Waals surface area contributed by atoms with E-state index in [9.17, 15) is 4.79 Å². The van der Waals surface area contributed by atoms with Crippen LogP contribution in [0.15, 0.2) is 18.2 Å². The zero-order valence-electron chi connectivity index (χ0n) is 17.0. The summed E-state index contributed by atoms with van der Waals surface area (Å²) >= 11 is 0. The molecular formula is C22H36N4O. The van der Waals surface area contributed by atoms with E-state index < -0.39 is 0 Å². The number of anilines is 2. The first kappa shape index (κ1) is 20.0. The van der Waals surface area contributed by atoms with Crippen molar-refractivity contribution in [2.45, 2.75) is 77.4 Å². The number of hydrogen-bond donors (Lipinski definition) is 3. The van der Waals surface area contributed by atoms with Gasteiger partial charge in [-0.25, -0.2) is 0 Å². The summed E-state index contributed by atoms with van der Waals surface area (Å²) in [6.07, 6.45) is 7.93. The molecule has 1 saturated heterocycles. The molecule has 0 spiro atoms. The molecule has 2 fully saturated rings. The Bertz CT molecular complexity index is 617. The molecule has 5 nitrogen and oxygen atoms in total. The molecule has 1 aliphatic heterocycles. The first-order chi connectivity index (χ1) is 13.0. The van der Waals surface area contributed by atoms with Gasteiger partial charge in [0.2, 0.25) is 5.91 Å². The van der Waals surface area contributed by atoms with Gasteiger partial charge in [-0.1, -0.05) is 12.5 Å². The van der Waals surface area contributed by atoms with Crippen molar-refractivity contribution in [1.82, 2.24) is 10.2 Å². The van der Waals surface area contributed by atoms with Crippen LogP contribution in [0.1, 0.15) is 64.4 Å². The fourth-order valence-corrected chi connectivity index (χ4v) is 4.32. The molecule has 1 aromatic carbocycles. The van der Waals surface area contributed by atoms with Crippen LogP contribution < -0.4 is 16.4 Å². The molecule has 1 heterocycles. The minimum Gasteiger partial charge on any atom is -0.397 e. The highest BCUT2D eigenvalue weighted by Crippen LogP contribution is 2.29. The molecule has 0 bridgehead atoms. The van der Waals surface area contributed by atoms with Crippen molar-refractivity contribution < 1.29 is 4.79 Å². The summed E-state index contributed by atoms with van der Waals surface area (Å²) in [5.41, 5.74) is 9.43. The molecule has 1 saturated carbocycles. The Morgan fingerprint density at radius 2 is 1.85 bits per heavy atom. The van der Waals surface area contributed by atoms with Gasteiger partial charge in [-0.05, 0) is 83.2 Å². The van der Waals surface area contributed by atoms with E-state index in [-0.39, 0.29) is 17.9 Å². The molecule has 0 radical (unpaired) electrons. The van der Waals surface area contributed by atoms with E-state index >= 15 is 0 Å². The van der Waals surface area contributed by atoms with Crippen molar-refractivity contribution in [1.29, 1.82) is 0 Å². The number of carbonyl (C=O) groups is 1. The third kappa shape index (κ3) is 5.86. The van der Waals surface area contributed by atoms with Gasteiger partial charge in [0, 0.05) is 24.5 Å². The summed E-state index contributed by atoms with van der Waals surface area (Å²) in [7, 11) is 0. The average Bonchev–Trinajstić information content (AvgIpc) is 2.65. The van der Waals surface area contributed by atoms with Crippen LogP contribution in [0.25, 0.3) is 0 Å². The van der Waals surface area contributed by atoms with Crippen LogP contribution in [-0.4, -0.2) is 36.0 Å². The molecule has 27 heavy (non-hydrogen) atoms. The van der Waals surface area contributed by atoms with Crippen molar-refractivity contribution >= 4 is 17.3 Å². The van der Waals surface area contributed by atoms with Crippen molar-refractivity contribution in [2.24, 2.45) is 5.92 Å². The molecule has 0 aromatic heterocycles. The van der Waals surface area contributed by atoms with Gasteiger partial charge in [-0.3, -0.25) is 9.69 Å². The minimum atomic E-state index is 0.160. The van der Waals surface area contributed by atoms with Crippen LogP contribution in [0.2, 0.25) is 0 Å². The van der Waals surface area contributed by atoms with Gasteiger partial charge in [-0.2, -0.15) is 0 Å². The van der Waals surface area contributed by atoms with Gasteiger partial charge in [0.1, 0.15) is 0 Å². The standard InChI is InChI=1S/C22H36N4O/c1-16(2)24-22(27)18-7-9-19(10-8-18)25-21-14-17(6-11-20(21)23)15-26-12-4-3-5-13-26/h6,11,14,16,18-19,25H,3-5,7-10,12-13,15,23H2,1-2H3,(H,24,27). The molecule has 4 N–H and O–H groups in total. The van der Waals surface area contributed by atoms with Gasteiger partial charge >= 0.3 is 0 Å². The smallest absolute Gasteiger partial charge is 0.223 e. The number of nitrogens with one attached hydrogen (secondary N) is 2. The second-order valence-electron chi connectivity index (χ2n) is 8.61. The Kier molecular flexibility index (Phi) is 7.00. The molecule has 0 unspecified atom stereocenters. The molecule has 1 aliphatic carbocycles. The lowest BCUT2D eigenvalue weighted by Gasteiger charge is -2.30. The fraction of sp³-hybridized carbons (Fsp3) is 0.682. The zero-order valence-corrected chi connectivity index (χ0v) is 17.0. The summed E-state index contributed by atoms with van der Waals surface area (Å²) in [5, 5.41) is 6.70. The van der Waals surface area contributed by atoms with Crippen LogP contribution in [0, 0.1) is 5.92 Å². The number of nitrogens with two attached hydrogens (primary N) is 1. The Labute approximate surface area is 164 Å². The number of nitrogens with zero attached hydrogens (tertiary/aromatic N) is 1. The van der Waals surface area contributed by atoms with Gasteiger partial charge in [0.15, 0.2) is 0 Å². The van der Waals surface area contributed by atoms with Crippen molar-refractivity contribution in [3.8, 4) is 0 Å². The van der Waals surface area contributed by atoms with Crippen LogP contribution >= 0.6 is 0 Å². The zero-order chi connectivity index (χ0) is 19.2. The Hall–Kier alpha value is -1.75. The number of benzene rings is 1. The van der Waals surface area contributed by atoms with Gasteiger partial charge in [0.25, 0.3) is 0 Å². The molecule has 2 aliphatic rings. The predicted octanol–water partition coefficient (Wildman–Crippen LogP) is 3.75. The van der Waals surface area contributed by atoms with Crippen LogP contribution in [0.3, 0.4) is 0 Å². The second kappa shape index (κ2) is 9.45. The number of hydrogen-bond acceptors (Lipinski definition) is 4. The van der Waals surface area contributed by atoms with Gasteiger partial charge < -0.3 is 16.4 Å². The quantitative estimate of drug-likeness (QED) is 0.665. The van der Waals surface area contributed by atoms with E-state index in [2.05, 4.69) is 27.7 Å². The maximum Gasteiger partial charge on any atom is 0.223 e. The first-order valence-electron chi connectivity index (χ1n) is 10.7. The number of nitrogen functional groups attached to an aromatic ring is 1. The van der Waals surface area contributed by atoms with Crippen LogP contribution in [0.5, 0.6) is 0 Å². The maximum atomic E-state index is 12.2. The summed E-state index contributed by atoms with van der Waals surface area (Å²) in [4.78, 5) is 14.7. The Balaban J connectivity index is 1.53. The number of rotatable bonds is 6. The maximum absolute atomic E-state index is 12.2. The molecule has 1 amide bonds. The molecule has 1 aromatic rings. The van der Waals surface area contributed by atoms with Crippen molar-refractivity contribution in [3.05, 3.63) is 23.8 Å². The highest BCUT2D eigenvalue weighted by atomic mass is 16.1. The monoisotopic (exact) mass is 372 g/mol. The largest absolute Gasteiger partial charge is 0.397 e. The van der Waals surface area contributed by atoms with E-state index in [0.717, 1.165) is 43.6 Å².